The summed E-state index contributed by atoms with van der Waals surface area (Å²) in [6, 6.07) is 16.0. The molecule has 0 saturated carbocycles. The molecule has 2 aromatic carbocycles. The highest BCUT2D eigenvalue weighted by Gasteiger charge is 2.32. The molecule has 1 amide bonds. The van der Waals surface area contributed by atoms with Crippen LogP contribution in [0.15, 0.2) is 48.5 Å². The molecule has 2 aliphatic rings. The molecular formula is C22H27N2O2+. The van der Waals surface area contributed by atoms with Crippen LogP contribution in [0.1, 0.15) is 29.5 Å². The van der Waals surface area contributed by atoms with Gasteiger partial charge in [0.25, 0.3) is 0 Å². The molecule has 4 rings (SSSR count). The van der Waals surface area contributed by atoms with Crippen LogP contribution in [0.3, 0.4) is 0 Å². The minimum absolute atomic E-state index is 0.161. The number of piperidine rings is 1. The van der Waals surface area contributed by atoms with E-state index in [0.717, 1.165) is 57.5 Å². The number of benzene rings is 2. The van der Waals surface area contributed by atoms with Crippen molar-refractivity contribution < 1.29 is 14.8 Å². The van der Waals surface area contributed by atoms with Crippen molar-refractivity contribution in [3.8, 4) is 5.75 Å². The maximum Gasteiger partial charge on any atom is 0.226 e. The second-order valence-electron chi connectivity index (χ2n) is 7.61. The summed E-state index contributed by atoms with van der Waals surface area (Å²) in [6.45, 7) is 4.44. The first-order chi connectivity index (χ1) is 12.7. The number of hydrogen-bond acceptors (Lipinski definition) is 2. The highest BCUT2D eigenvalue weighted by molar-refractivity contribution is 5.79. The molecule has 1 saturated heterocycles. The Morgan fingerprint density at radius 1 is 1.04 bits per heavy atom. The number of para-hydroxylation sites is 1. The van der Waals surface area contributed by atoms with E-state index in [1.54, 1.807) is 6.07 Å². The average Bonchev–Trinajstić information content (AvgIpc) is 2.69. The largest absolute Gasteiger partial charge is 0.507 e. The Hall–Kier alpha value is -2.33. The van der Waals surface area contributed by atoms with Crippen molar-refractivity contribution in [3.05, 3.63) is 65.2 Å². The fourth-order valence-corrected chi connectivity index (χ4v) is 4.32. The summed E-state index contributed by atoms with van der Waals surface area (Å²) in [5.74, 6) is 0.875. The Morgan fingerprint density at radius 3 is 2.50 bits per heavy atom. The van der Waals surface area contributed by atoms with Gasteiger partial charge in [-0.15, -0.1) is 0 Å². The number of hydrogen-bond donors (Lipinski definition) is 2. The van der Waals surface area contributed by atoms with Crippen molar-refractivity contribution in [1.82, 2.24) is 4.90 Å². The van der Waals surface area contributed by atoms with Gasteiger partial charge in [-0.3, -0.25) is 4.79 Å². The Balaban J connectivity index is 1.32. The number of phenols is 1. The van der Waals surface area contributed by atoms with Crippen LogP contribution in [0.5, 0.6) is 5.75 Å². The van der Waals surface area contributed by atoms with Crippen molar-refractivity contribution in [1.29, 1.82) is 0 Å². The zero-order valence-electron chi connectivity index (χ0n) is 15.2. The molecule has 26 heavy (non-hydrogen) atoms. The summed E-state index contributed by atoms with van der Waals surface area (Å²) in [5, 5.41) is 9.96. The Morgan fingerprint density at radius 2 is 1.73 bits per heavy atom. The maximum atomic E-state index is 13.0. The second-order valence-corrected chi connectivity index (χ2v) is 7.61. The predicted octanol–water partition coefficient (Wildman–Crippen LogP) is 1.77. The lowest BCUT2D eigenvalue weighted by Crippen LogP contribution is -3.11. The summed E-state index contributed by atoms with van der Waals surface area (Å²) in [4.78, 5) is 16.5. The molecule has 136 valence electrons. The van der Waals surface area contributed by atoms with Crippen molar-refractivity contribution >= 4 is 5.91 Å². The lowest BCUT2D eigenvalue weighted by atomic mass is 9.93. The molecule has 2 heterocycles. The van der Waals surface area contributed by atoms with E-state index in [1.165, 1.54) is 16.0 Å². The van der Waals surface area contributed by atoms with Gasteiger partial charge in [-0.2, -0.15) is 0 Å². The Labute approximate surface area is 155 Å². The van der Waals surface area contributed by atoms with Crippen LogP contribution in [-0.2, 0) is 24.3 Å². The molecule has 2 aromatic rings. The van der Waals surface area contributed by atoms with Gasteiger partial charge in [0.15, 0.2) is 0 Å². The molecule has 4 nitrogen and oxygen atoms in total. The van der Waals surface area contributed by atoms with Gasteiger partial charge >= 0.3 is 0 Å². The molecular weight excluding hydrogens is 324 g/mol. The van der Waals surface area contributed by atoms with E-state index in [0.29, 0.717) is 11.7 Å². The second kappa shape index (κ2) is 7.50. The minimum Gasteiger partial charge on any atom is -0.507 e. The van der Waals surface area contributed by atoms with Crippen LogP contribution >= 0.6 is 0 Å². The van der Waals surface area contributed by atoms with Crippen LogP contribution in [0.2, 0.25) is 0 Å². The molecule has 0 bridgehead atoms. The monoisotopic (exact) mass is 351 g/mol. The normalized spacial score (nSPS) is 22.7. The molecule has 0 radical (unpaired) electrons. The summed E-state index contributed by atoms with van der Waals surface area (Å²) in [6.07, 6.45) is 2.86. The van der Waals surface area contributed by atoms with E-state index in [1.807, 2.05) is 18.2 Å². The summed E-state index contributed by atoms with van der Waals surface area (Å²) in [5.41, 5.74) is 3.69. The molecule has 0 unspecified atom stereocenters. The number of nitrogens with zero attached hydrogens (tertiary/aromatic N) is 1. The number of aromatic hydroxyl groups is 1. The number of carbonyl (C=O) groups is 1. The van der Waals surface area contributed by atoms with Crippen LogP contribution in [-0.4, -0.2) is 35.5 Å². The third kappa shape index (κ3) is 3.61. The van der Waals surface area contributed by atoms with E-state index in [2.05, 4.69) is 29.2 Å². The molecule has 1 fully saturated rings. The standard InChI is InChI=1S/C22H26N2O2/c25-21-8-4-3-7-20(21)15-23-12-9-18(10-13-23)22(26)24-14-11-17-5-1-2-6-19(17)16-24/h1-8,18,25H,9-16H2/p+1. The van der Waals surface area contributed by atoms with E-state index >= 15 is 0 Å². The fourth-order valence-electron chi connectivity index (χ4n) is 4.32. The van der Waals surface area contributed by atoms with Crippen LogP contribution in [0.25, 0.3) is 0 Å². The van der Waals surface area contributed by atoms with E-state index in [-0.39, 0.29) is 5.92 Å². The summed E-state index contributed by atoms with van der Waals surface area (Å²) >= 11 is 0. The van der Waals surface area contributed by atoms with Gasteiger partial charge in [-0.1, -0.05) is 36.4 Å². The van der Waals surface area contributed by atoms with E-state index < -0.39 is 0 Å². The van der Waals surface area contributed by atoms with E-state index in [9.17, 15) is 9.90 Å². The van der Waals surface area contributed by atoms with Crippen molar-refractivity contribution in [2.24, 2.45) is 5.92 Å². The van der Waals surface area contributed by atoms with Crippen molar-refractivity contribution in [3.63, 3.8) is 0 Å². The van der Waals surface area contributed by atoms with Crippen LogP contribution < -0.4 is 4.90 Å². The number of amides is 1. The summed E-state index contributed by atoms with van der Waals surface area (Å²) in [7, 11) is 0. The van der Waals surface area contributed by atoms with Gasteiger partial charge in [0, 0.05) is 37.4 Å². The molecule has 0 spiro atoms. The SMILES string of the molecule is O=C(C1CC[NH+](Cc2ccccc2O)CC1)N1CCc2ccccc2C1. The number of fused-ring (bicyclic) bond motifs is 1. The lowest BCUT2D eigenvalue weighted by Gasteiger charge is -2.34. The number of rotatable bonds is 3. The highest BCUT2D eigenvalue weighted by Crippen LogP contribution is 2.22. The number of likely N-dealkylation sites (tertiary alicyclic amines) is 1. The smallest absolute Gasteiger partial charge is 0.226 e. The van der Waals surface area contributed by atoms with Gasteiger partial charge < -0.3 is 14.9 Å². The lowest BCUT2D eigenvalue weighted by molar-refractivity contribution is -0.919. The van der Waals surface area contributed by atoms with E-state index in [4.69, 9.17) is 0 Å². The Kier molecular flexibility index (Phi) is 4.93. The first-order valence-corrected chi connectivity index (χ1v) is 9.66. The first-order valence-electron chi connectivity index (χ1n) is 9.66. The molecule has 4 heteroatoms. The zero-order valence-corrected chi connectivity index (χ0v) is 15.2. The van der Waals surface area contributed by atoms with Crippen molar-refractivity contribution in [2.75, 3.05) is 19.6 Å². The zero-order chi connectivity index (χ0) is 17.9. The van der Waals surface area contributed by atoms with Gasteiger partial charge in [0.2, 0.25) is 5.91 Å². The highest BCUT2D eigenvalue weighted by atomic mass is 16.3. The minimum atomic E-state index is 0.161. The average molecular weight is 351 g/mol. The Bertz CT molecular complexity index is 781. The molecule has 0 atom stereocenters. The van der Waals surface area contributed by atoms with Crippen LogP contribution in [0.4, 0.5) is 0 Å². The molecule has 0 aromatic heterocycles. The third-order valence-electron chi connectivity index (χ3n) is 5.92. The fraction of sp³-hybridized carbons (Fsp3) is 0.409. The van der Waals surface area contributed by atoms with Gasteiger partial charge in [-0.25, -0.2) is 0 Å². The maximum absolute atomic E-state index is 13.0. The van der Waals surface area contributed by atoms with Gasteiger partial charge in [-0.05, 0) is 29.7 Å². The molecule has 0 aliphatic carbocycles. The van der Waals surface area contributed by atoms with Gasteiger partial charge in [0.05, 0.1) is 13.1 Å². The third-order valence-corrected chi connectivity index (χ3v) is 5.92. The number of carbonyl (C=O) groups excluding carboxylic acids is 1. The quantitative estimate of drug-likeness (QED) is 0.885. The predicted molar refractivity (Wildman–Crippen MR) is 101 cm³/mol. The number of nitrogens with one attached hydrogen (secondary N) is 1. The van der Waals surface area contributed by atoms with Crippen LogP contribution in [0, 0.1) is 5.92 Å². The molecule has 2 N–H and O–H groups in total. The van der Waals surface area contributed by atoms with Gasteiger partial charge in [0.1, 0.15) is 12.3 Å². The number of phenolic OH excluding ortho intramolecular Hbond substituents is 1. The molecule has 2 aliphatic heterocycles. The van der Waals surface area contributed by atoms with Crippen molar-refractivity contribution in [2.45, 2.75) is 32.4 Å². The first kappa shape index (κ1) is 17.1. The topological polar surface area (TPSA) is 45.0 Å². The number of quaternary nitrogens is 1. The summed E-state index contributed by atoms with van der Waals surface area (Å²) < 4.78 is 0.